The summed E-state index contributed by atoms with van der Waals surface area (Å²) in [6.45, 7) is 2.63. The summed E-state index contributed by atoms with van der Waals surface area (Å²) in [7, 11) is 1.94. The van der Waals surface area contributed by atoms with E-state index >= 15 is 0 Å². The van der Waals surface area contributed by atoms with Gasteiger partial charge in [0.1, 0.15) is 10.7 Å². The fourth-order valence-electron chi connectivity index (χ4n) is 2.32. The van der Waals surface area contributed by atoms with E-state index in [1.165, 1.54) is 18.9 Å². The minimum atomic E-state index is -0.501. The molecule has 94 valence electrons. The third kappa shape index (κ3) is 2.83. The van der Waals surface area contributed by atoms with Gasteiger partial charge in [-0.15, -0.1) is 0 Å². The lowest BCUT2D eigenvalue weighted by Gasteiger charge is -2.22. The van der Waals surface area contributed by atoms with Crippen molar-refractivity contribution in [2.45, 2.75) is 25.4 Å². The van der Waals surface area contributed by atoms with Gasteiger partial charge in [0.2, 0.25) is 0 Å². The number of furan rings is 1. The molecule has 1 unspecified atom stereocenters. The Labute approximate surface area is 99.7 Å². The highest BCUT2D eigenvalue weighted by Gasteiger charge is 2.25. The van der Waals surface area contributed by atoms with Crippen LogP contribution in [-0.2, 0) is 6.54 Å². The van der Waals surface area contributed by atoms with Gasteiger partial charge in [0.15, 0.2) is 0 Å². The summed E-state index contributed by atoms with van der Waals surface area (Å²) in [6, 6.07) is 3.61. The second-order valence-electron chi connectivity index (χ2n) is 4.32. The summed E-state index contributed by atoms with van der Waals surface area (Å²) >= 11 is 0. The lowest BCUT2D eigenvalue weighted by Crippen LogP contribution is -2.36. The Bertz CT molecular complexity index is 391. The second-order valence-corrected chi connectivity index (χ2v) is 4.32. The Morgan fingerprint density at radius 2 is 2.47 bits per heavy atom. The molecular weight excluding hydrogens is 222 g/mol. The lowest BCUT2D eigenvalue weighted by atomic mass is 10.2. The molecule has 0 saturated carbocycles. The molecule has 0 aliphatic carbocycles. The van der Waals surface area contributed by atoms with Gasteiger partial charge in [-0.2, -0.15) is 0 Å². The van der Waals surface area contributed by atoms with Crippen molar-refractivity contribution in [1.29, 1.82) is 0 Å². The third-order valence-corrected chi connectivity index (χ3v) is 3.13. The molecule has 1 saturated heterocycles. The largest absolute Gasteiger partial charge is 0.433 e. The summed E-state index contributed by atoms with van der Waals surface area (Å²) in [6.07, 6.45) is 2.35. The Hall–Kier alpha value is -1.40. The summed E-state index contributed by atoms with van der Waals surface area (Å²) in [5.74, 6) is 0.490. The minimum absolute atomic E-state index is 0.177. The molecule has 0 spiro atoms. The van der Waals surface area contributed by atoms with Crippen molar-refractivity contribution in [1.82, 2.24) is 10.2 Å². The van der Waals surface area contributed by atoms with E-state index in [1.807, 2.05) is 7.05 Å². The van der Waals surface area contributed by atoms with Crippen LogP contribution in [-0.4, -0.2) is 36.0 Å². The van der Waals surface area contributed by atoms with E-state index in [9.17, 15) is 10.1 Å². The Morgan fingerprint density at radius 3 is 3.12 bits per heavy atom. The number of hydrogen-bond acceptors (Lipinski definition) is 5. The first-order chi connectivity index (χ1) is 8.20. The Morgan fingerprint density at radius 1 is 1.65 bits per heavy atom. The van der Waals surface area contributed by atoms with E-state index < -0.39 is 4.92 Å². The number of nitro groups is 1. The normalized spacial score (nSPS) is 20.9. The summed E-state index contributed by atoms with van der Waals surface area (Å²) < 4.78 is 5.17. The van der Waals surface area contributed by atoms with Crippen LogP contribution < -0.4 is 5.32 Å². The molecule has 2 rings (SSSR count). The van der Waals surface area contributed by atoms with Crippen molar-refractivity contribution < 1.29 is 9.34 Å². The zero-order valence-corrected chi connectivity index (χ0v) is 9.89. The van der Waals surface area contributed by atoms with Crippen molar-refractivity contribution in [3.8, 4) is 0 Å². The summed E-state index contributed by atoms with van der Waals surface area (Å²) in [5.41, 5.74) is 0. The molecule has 1 aromatic rings. The third-order valence-electron chi connectivity index (χ3n) is 3.13. The van der Waals surface area contributed by atoms with Crippen molar-refractivity contribution in [3.05, 3.63) is 28.0 Å². The number of hydrogen-bond donors (Lipinski definition) is 1. The van der Waals surface area contributed by atoms with Gasteiger partial charge in [-0.05, 0) is 32.5 Å². The van der Waals surface area contributed by atoms with Crippen LogP contribution in [0.4, 0.5) is 5.88 Å². The maximum atomic E-state index is 10.5. The van der Waals surface area contributed by atoms with E-state index in [-0.39, 0.29) is 5.88 Å². The van der Waals surface area contributed by atoms with Gasteiger partial charge in [-0.3, -0.25) is 15.0 Å². The first kappa shape index (κ1) is 12.1. The molecule has 0 bridgehead atoms. The quantitative estimate of drug-likeness (QED) is 0.620. The molecule has 6 nitrogen and oxygen atoms in total. The van der Waals surface area contributed by atoms with Gasteiger partial charge in [0.05, 0.1) is 12.6 Å². The number of likely N-dealkylation sites (tertiary alicyclic amines) is 1. The van der Waals surface area contributed by atoms with E-state index in [4.69, 9.17) is 4.42 Å². The summed E-state index contributed by atoms with van der Waals surface area (Å²) in [5, 5.41) is 13.7. The zero-order valence-electron chi connectivity index (χ0n) is 9.89. The highest BCUT2D eigenvalue weighted by Crippen LogP contribution is 2.22. The first-order valence-corrected chi connectivity index (χ1v) is 5.82. The molecule has 1 N–H and O–H groups in total. The second kappa shape index (κ2) is 5.29. The molecule has 1 atom stereocenters. The van der Waals surface area contributed by atoms with Gasteiger partial charge >= 0.3 is 5.88 Å². The van der Waals surface area contributed by atoms with Gasteiger partial charge < -0.3 is 9.73 Å². The maximum Gasteiger partial charge on any atom is 0.433 e. The van der Waals surface area contributed by atoms with Crippen LogP contribution in [0.15, 0.2) is 16.5 Å². The lowest BCUT2D eigenvalue weighted by molar-refractivity contribution is -0.402. The minimum Gasteiger partial charge on any atom is -0.404 e. The smallest absolute Gasteiger partial charge is 0.404 e. The van der Waals surface area contributed by atoms with Crippen molar-refractivity contribution in [2.24, 2.45) is 0 Å². The highest BCUT2D eigenvalue weighted by molar-refractivity contribution is 5.17. The molecule has 1 aliphatic heterocycles. The standard InChI is InChI=1S/C11H17N3O3/c1-12-7-9-3-2-6-13(9)8-10-4-5-11(17-10)14(15)16/h4-5,9,12H,2-3,6-8H2,1H3. The number of nitrogens with one attached hydrogen (secondary N) is 1. The van der Waals surface area contributed by atoms with Crippen molar-refractivity contribution in [2.75, 3.05) is 20.1 Å². The van der Waals surface area contributed by atoms with Crippen LogP contribution in [0.3, 0.4) is 0 Å². The Kier molecular flexibility index (Phi) is 3.75. The maximum absolute atomic E-state index is 10.5. The molecule has 0 radical (unpaired) electrons. The van der Waals surface area contributed by atoms with Crippen molar-refractivity contribution >= 4 is 5.88 Å². The average Bonchev–Trinajstić information content (AvgIpc) is 2.90. The van der Waals surface area contributed by atoms with Gasteiger partial charge in [-0.1, -0.05) is 0 Å². The van der Waals surface area contributed by atoms with E-state index in [0.29, 0.717) is 18.3 Å². The monoisotopic (exact) mass is 239 g/mol. The van der Waals surface area contributed by atoms with Crippen LogP contribution in [0.5, 0.6) is 0 Å². The van der Waals surface area contributed by atoms with Gasteiger partial charge in [0.25, 0.3) is 0 Å². The van der Waals surface area contributed by atoms with Crippen molar-refractivity contribution in [3.63, 3.8) is 0 Å². The van der Waals surface area contributed by atoms with Gasteiger partial charge in [-0.25, -0.2) is 0 Å². The molecule has 2 heterocycles. The molecule has 1 aliphatic rings. The predicted octanol–water partition coefficient (Wildman–Crippen LogP) is 1.37. The predicted molar refractivity (Wildman–Crippen MR) is 62.7 cm³/mol. The van der Waals surface area contributed by atoms with Crippen LogP contribution in [0.2, 0.25) is 0 Å². The Balaban J connectivity index is 1.97. The fraction of sp³-hybridized carbons (Fsp3) is 0.636. The molecular formula is C11H17N3O3. The van der Waals surface area contributed by atoms with Crippen LogP contribution in [0.1, 0.15) is 18.6 Å². The van der Waals surface area contributed by atoms with Crippen LogP contribution in [0, 0.1) is 10.1 Å². The SMILES string of the molecule is CNCC1CCCN1Cc1ccc([N+](=O)[O-])o1. The number of nitrogens with zero attached hydrogens (tertiary/aromatic N) is 2. The van der Waals surface area contributed by atoms with E-state index in [2.05, 4.69) is 10.2 Å². The van der Waals surface area contributed by atoms with Gasteiger partial charge in [0, 0.05) is 12.6 Å². The molecule has 0 amide bonds. The molecule has 1 aromatic heterocycles. The number of likely N-dealkylation sites (N-methyl/N-ethyl adjacent to an activating group) is 1. The number of rotatable bonds is 5. The molecule has 0 aromatic carbocycles. The van der Waals surface area contributed by atoms with Crippen LogP contribution >= 0.6 is 0 Å². The summed E-state index contributed by atoms with van der Waals surface area (Å²) in [4.78, 5) is 12.3. The van der Waals surface area contributed by atoms with E-state index in [1.54, 1.807) is 6.07 Å². The van der Waals surface area contributed by atoms with E-state index in [0.717, 1.165) is 13.1 Å². The van der Waals surface area contributed by atoms with Crippen LogP contribution in [0.25, 0.3) is 0 Å². The topological polar surface area (TPSA) is 71.5 Å². The molecule has 17 heavy (non-hydrogen) atoms. The average molecular weight is 239 g/mol. The fourth-order valence-corrected chi connectivity index (χ4v) is 2.32. The first-order valence-electron chi connectivity index (χ1n) is 5.82. The zero-order chi connectivity index (χ0) is 12.3. The highest BCUT2D eigenvalue weighted by atomic mass is 16.6. The molecule has 1 fully saturated rings. The molecule has 6 heteroatoms.